The molecule has 0 spiro atoms. The monoisotopic (exact) mass is 351 g/mol. The Balaban J connectivity index is 2.67. The largest absolute Gasteiger partial charge is 0.309 e. The maximum absolute atomic E-state index is 3.57. The maximum atomic E-state index is 3.57. The van der Waals surface area contributed by atoms with Gasteiger partial charge in [0.1, 0.15) is 0 Å². The van der Waals surface area contributed by atoms with Gasteiger partial charge >= 0.3 is 0 Å². The van der Waals surface area contributed by atoms with Crippen molar-refractivity contribution in [2.45, 2.75) is 40.7 Å². The summed E-state index contributed by atoms with van der Waals surface area (Å²) >= 11 is 5.31. The SMILES string of the molecule is CNC(c1csc(Br)c1)c1c(C)c(C)c(C)c(C)c1C. The molecule has 0 aliphatic carbocycles. The van der Waals surface area contributed by atoms with Crippen LogP contribution < -0.4 is 5.32 Å². The normalized spacial score (nSPS) is 12.8. The van der Waals surface area contributed by atoms with Crippen molar-refractivity contribution in [3.05, 3.63) is 54.2 Å². The van der Waals surface area contributed by atoms with Crippen LogP contribution >= 0.6 is 27.3 Å². The van der Waals surface area contributed by atoms with Gasteiger partial charge in [-0.1, -0.05) is 0 Å². The standard InChI is InChI=1S/C17H22BrNS/c1-9-10(2)12(4)16(13(5)11(9)3)17(19-6)14-7-15(18)20-8-14/h7-8,17,19H,1-6H3. The van der Waals surface area contributed by atoms with E-state index >= 15 is 0 Å². The molecule has 3 heteroatoms. The summed E-state index contributed by atoms with van der Waals surface area (Å²) in [5, 5.41) is 5.72. The van der Waals surface area contributed by atoms with E-state index in [1.807, 2.05) is 7.05 Å². The van der Waals surface area contributed by atoms with Crippen LogP contribution in [0.2, 0.25) is 0 Å². The number of benzene rings is 1. The van der Waals surface area contributed by atoms with Crippen LogP contribution in [0.4, 0.5) is 0 Å². The van der Waals surface area contributed by atoms with E-state index in [1.165, 1.54) is 42.7 Å². The minimum atomic E-state index is 0.260. The van der Waals surface area contributed by atoms with Gasteiger partial charge < -0.3 is 5.32 Å². The van der Waals surface area contributed by atoms with E-state index in [1.54, 1.807) is 11.3 Å². The van der Waals surface area contributed by atoms with Gasteiger partial charge in [0.05, 0.1) is 9.83 Å². The van der Waals surface area contributed by atoms with E-state index < -0.39 is 0 Å². The summed E-state index contributed by atoms with van der Waals surface area (Å²) in [5.41, 5.74) is 9.83. The first-order valence-electron chi connectivity index (χ1n) is 6.86. The lowest BCUT2D eigenvalue weighted by atomic mass is 9.85. The van der Waals surface area contributed by atoms with Crippen LogP contribution in [-0.2, 0) is 0 Å². The second-order valence-electron chi connectivity index (χ2n) is 5.44. The predicted octanol–water partition coefficient (Wildman–Crippen LogP) is 5.36. The highest BCUT2D eigenvalue weighted by Crippen LogP contribution is 2.35. The topological polar surface area (TPSA) is 12.0 Å². The summed E-state index contributed by atoms with van der Waals surface area (Å²) in [4.78, 5) is 0. The van der Waals surface area contributed by atoms with Gasteiger partial charge in [0.15, 0.2) is 0 Å². The van der Waals surface area contributed by atoms with E-state index in [9.17, 15) is 0 Å². The second kappa shape index (κ2) is 6.00. The molecule has 0 saturated heterocycles. The van der Waals surface area contributed by atoms with Gasteiger partial charge in [-0.2, -0.15) is 0 Å². The molecule has 0 aliphatic rings. The summed E-state index contributed by atoms with van der Waals surface area (Å²) in [6.45, 7) is 11.2. The van der Waals surface area contributed by atoms with Crippen LogP contribution in [0, 0.1) is 34.6 Å². The predicted molar refractivity (Wildman–Crippen MR) is 93.0 cm³/mol. The maximum Gasteiger partial charge on any atom is 0.0701 e. The first-order valence-corrected chi connectivity index (χ1v) is 8.53. The third kappa shape index (κ3) is 2.59. The van der Waals surface area contributed by atoms with Gasteiger partial charge in [0.2, 0.25) is 0 Å². The summed E-state index contributed by atoms with van der Waals surface area (Å²) < 4.78 is 1.18. The lowest BCUT2D eigenvalue weighted by Crippen LogP contribution is -2.20. The van der Waals surface area contributed by atoms with E-state index in [0.717, 1.165) is 0 Å². The van der Waals surface area contributed by atoms with Gasteiger partial charge in [0.25, 0.3) is 0 Å². The van der Waals surface area contributed by atoms with Crippen LogP contribution in [0.5, 0.6) is 0 Å². The molecule has 1 aromatic carbocycles. The molecule has 1 unspecified atom stereocenters. The Bertz CT molecular complexity index is 614. The smallest absolute Gasteiger partial charge is 0.0701 e. The minimum absolute atomic E-state index is 0.260. The number of halogens is 1. The zero-order valence-corrected chi connectivity index (χ0v) is 15.4. The van der Waals surface area contributed by atoms with Crippen LogP contribution in [0.3, 0.4) is 0 Å². The Morgan fingerprint density at radius 2 is 1.45 bits per heavy atom. The summed E-state index contributed by atoms with van der Waals surface area (Å²) in [6.07, 6.45) is 0. The lowest BCUT2D eigenvalue weighted by molar-refractivity contribution is 0.683. The van der Waals surface area contributed by atoms with Crippen molar-refractivity contribution in [1.82, 2.24) is 5.32 Å². The highest BCUT2D eigenvalue weighted by atomic mass is 79.9. The quantitative estimate of drug-likeness (QED) is 0.784. The molecule has 2 rings (SSSR count). The highest BCUT2D eigenvalue weighted by molar-refractivity contribution is 9.11. The number of nitrogens with one attached hydrogen (secondary N) is 1. The molecule has 1 aromatic heterocycles. The summed E-state index contributed by atoms with van der Waals surface area (Å²) in [5.74, 6) is 0. The lowest BCUT2D eigenvalue weighted by Gasteiger charge is -2.25. The molecule has 2 aromatic rings. The Hall–Kier alpha value is -0.640. The van der Waals surface area contributed by atoms with E-state index in [4.69, 9.17) is 0 Å². The van der Waals surface area contributed by atoms with Crippen molar-refractivity contribution >= 4 is 27.3 Å². The molecule has 0 fully saturated rings. The number of thiophene rings is 1. The van der Waals surface area contributed by atoms with E-state index in [0.29, 0.717) is 0 Å². The van der Waals surface area contributed by atoms with Gasteiger partial charge in [-0.05, 0) is 108 Å². The Morgan fingerprint density at radius 3 is 1.85 bits per heavy atom. The second-order valence-corrected chi connectivity index (χ2v) is 7.73. The fourth-order valence-electron chi connectivity index (χ4n) is 2.91. The average molecular weight is 352 g/mol. The van der Waals surface area contributed by atoms with Gasteiger partial charge in [0, 0.05) is 0 Å². The average Bonchev–Trinajstić information content (AvgIpc) is 2.85. The molecule has 0 saturated carbocycles. The number of hydrogen-bond donors (Lipinski definition) is 1. The third-order valence-electron chi connectivity index (χ3n) is 4.56. The van der Waals surface area contributed by atoms with Crippen molar-refractivity contribution in [3.8, 4) is 0 Å². The van der Waals surface area contributed by atoms with Crippen LogP contribution in [-0.4, -0.2) is 7.05 Å². The molecular weight excluding hydrogens is 330 g/mol. The number of rotatable bonds is 3. The van der Waals surface area contributed by atoms with Gasteiger partial charge in [-0.25, -0.2) is 0 Å². The molecule has 1 nitrogen and oxygen atoms in total. The molecule has 108 valence electrons. The molecule has 0 radical (unpaired) electrons. The summed E-state index contributed by atoms with van der Waals surface area (Å²) in [7, 11) is 2.04. The number of hydrogen-bond acceptors (Lipinski definition) is 2. The molecule has 0 amide bonds. The zero-order chi connectivity index (χ0) is 15.0. The first kappa shape index (κ1) is 15.7. The van der Waals surface area contributed by atoms with Gasteiger partial charge in [-0.15, -0.1) is 11.3 Å². The fourth-order valence-corrected chi connectivity index (χ4v) is 4.12. The Labute approximate surface area is 134 Å². The van der Waals surface area contributed by atoms with Crippen LogP contribution in [0.25, 0.3) is 0 Å². The van der Waals surface area contributed by atoms with Gasteiger partial charge in [-0.3, -0.25) is 0 Å². The molecule has 20 heavy (non-hydrogen) atoms. The van der Waals surface area contributed by atoms with Crippen LogP contribution in [0.1, 0.15) is 45.0 Å². The van der Waals surface area contributed by atoms with E-state index in [2.05, 4.69) is 67.3 Å². The zero-order valence-electron chi connectivity index (χ0n) is 13.0. The van der Waals surface area contributed by atoms with Crippen molar-refractivity contribution in [2.75, 3.05) is 7.05 Å². The Morgan fingerprint density at radius 1 is 0.950 bits per heavy atom. The van der Waals surface area contributed by atoms with Crippen molar-refractivity contribution in [1.29, 1.82) is 0 Å². The third-order valence-corrected chi connectivity index (χ3v) is 6.08. The van der Waals surface area contributed by atoms with Crippen molar-refractivity contribution < 1.29 is 0 Å². The molecule has 1 N–H and O–H groups in total. The van der Waals surface area contributed by atoms with Crippen molar-refractivity contribution in [3.63, 3.8) is 0 Å². The molecular formula is C17H22BrNS. The highest BCUT2D eigenvalue weighted by Gasteiger charge is 2.21. The van der Waals surface area contributed by atoms with E-state index in [-0.39, 0.29) is 6.04 Å². The minimum Gasteiger partial charge on any atom is -0.309 e. The Kier molecular flexibility index (Phi) is 4.73. The van der Waals surface area contributed by atoms with Crippen LogP contribution in [0.15, 0.2) is 15.2 Å². The van der Waals surface area contributed by atoms with Crippen molar-refractivity contribution in [2.24, 2.45) is 0 Å². The fraction of sp³-hybridized carbons (Fsp3) is 0.412. The molecule has 1 heterocycles. The molecule has 1 atom stereocenters. The first-order chi connectivity index (χ1) is 9.38. The molecule has 0 bridgehead atoms. The summed E-state index contributed by atoms with van der Waals surface area (Å²) in [6, 6.07) is 2.48. The molecule has 0 aliphatic heterocycles.